The second-order valence-corrected chi connectivity index (χ2v) is 12.6. The minimum atomic E-state index is -2.00. The number of ketones is 1. The number of thioether (sulfide) groups is 1. The molecule has 34 heavy (non-hydrogen) atoms. The van der Waals surface area contributed by atoms with Crippen LogP contribution in [0.4, 0.5) is 4.39 Å². The largest absolute Gasteiger partial charge is 0.390 e. The van der Waals surface area contributed by atoms with E-state index in [2.05, 4.69) is 0 Å². The zero-order chi connectivity index (χ0) is 24.9. The normalized spacial score (nSPS) is 50.5. The van der Waals surface area contributed by atoms with Gasteiger partial charge < -0.3 is 14.6 Å². The number of nitrogens with zero attached hydrogens (tertiary/aromatic N) is 1. The van der Waals surface area contributed by atoms with Crippen LogP contribution in [-0.4, -0.2) is 51.0 Å². The van der Waals surface area contributed by atoms with E-state index in [0.29, 0.717) is 12.8 Å². The average molecular weight is 490 g/mol. The molecule has 4 fully saturated rings. The Hall–Kier alpha value is -1.53. The molecule has 9 atom stereocenters. The van der Waals surface area contributed by atoms with Crippen LogP contribution in [0.3, 0.4) is 0 Å². The molecule has 3 saturated carbocycles. The molecule has 5 rings (SSSR count). The molecule has 184 valence electrons. The molecule has 1 heterocycles. The van der Waals surface area contributed by atoms with Gasteiger partial charge in [-0.15, -0.1) is 0 Å². The van der Waals surface area contributed by atoms with Crippen molar-refractivity contribution in [1.29, 1.82) is 5.26 Å². The molecular weight excluding hydrogens is 457 g/mol. The third-order valence-electron chi connectivity index (χ3n) is 9.53. The molecule has 5 aliphatic rings. The number of allylic oxidation sites excluding steroid dienone is 4. The summed E-state index contributed by atoms with van der Waals surface area (Å²) in [5, 5.41) is 20.4. The maximum Gasteiger partial charge on any atom is 0.225 e. The molecule has 0 bridgehead atoms. The van der Waals surface area contributed by atoms with Gasteiger partial charge in [-0.1, -0.05) is 37.3 Å². The number of halogens is 1. The van der Waals surface area contributed by atoms with E-state index in [9.17, 15) is 14.7 Å². The number of aliphatic hydroxyl groups excluding tert-OH is 1. The van der Waals surface area contributed by atoms with E-state index in [-0.39, 0.29) is 34.9 Å². The van der Waals surface area contributed by atoms with Crippen LogP contribution in [0.2, 0.25) is 0 Å². The van der Waals surface area contributed by atoms with Crippen LogP contribution in [0.1, 0.15) is 53.9 Å². The van der Waals surface area contributed by atoms with Crippen molar-refractivity contribution in [3.05, 3.63) is 23.8 Å². The maximum atomic E-state index is 17.4. The Morgan fingerprint density at radius 2 is 2.00 bits per heavy atom. The minimum Gasteiger partial charge on any atom is -0.390 e. The van der Waals surface area contributed by atoms with Gasteiger partial charge >= 0.3 is 0 Å². The lowest BCUT2D eigenvalue weighted by Crippen LogP contribution is -2.70. The van der Waals surface area contributed by atoms with Gasteiger partial charge in [-0.25, -0.2) is 4.39 Å². The molecule has 1 aliphatic heterocycles. The molecule has 1 N–H and O–H groups in total. The van der Waals surface area contributed by atoms with Crippen LogP contribution < -0.4 is 0 Å². The number of hydrogen-bond acceptors (Lipinski definition) is 7. The van der Waals surface area contributed by atoms with Gasteiger partial charge in [0, 0.05) is 16.7 Å². The highest BCUT2D eigenvalue weighted by Gasteiger charge is 2.80. The first-order valence-corrected chi connectivity index (χ1v) is 13.0. The Balaban J connectivity index is 1.64. The second-order valence-electron chi connectivity index (χ2n) is 11.6. The first-order chi connectivity index (χ1) is 15.8. The molecule has 6 nitrogen and oxygen atoms in total. The van der Waals surface area contributed by atoms with E-state index in [1.54, 1.807) is 26.8 Å². The van der Waals surface area contributed by atoms with Crippen LogP contribution in [-0.2, 0) is 19.1 Å². The number of rotatable bonds is 2. The lowest BCUT2D eigenvalue weighted by molar-refractivity contribution is -0.245. The third-order valence-corrected chi connectivity index (χ3v) is 10.4. The van der Waals surface area contributed by atoms with Crippen LogP contribution in [0.15, 0.2) is 23.8 Å². The lowest BCUT2D eigenvalue weighted by atomic mass is 9.43. The molecule has 0 aromatic heterocycles. The highest BCUT2D eigenvalue weighted by atomic mass is 32.2. The van der Waals surface area contributed by atoms with Gasteiger partial charge in [0.25, 0.3) is 0 Å². The summed E-state index contributed by atoms with van der Waals surface area (Å²) >= 11 is 0.906. The van der Waals surface area contributed by atoms with E-state index in [1.165, 1.54) is 12.2 Å². The topological polar surface area (TPSA) is 96.6 Å². The highest BCUT2D eigenvalue weighted by molar-refractivity contribution is 8.14. The van der Waals surface area contributed by atoms with Crippen LogP contribution in [0.25, 0.3) is 0 Å². The van der Waals surface area contributed by atoms with E-state index >= 15 is 4.39 Å². The predicted molar refractivity (Wildman–Crippen MR) is 124 cm³/mol. The Morgan fingerprint density at radius 1 is 1.29 bits per heavy atom. The van der Waals surface area contributed by atoms with Crippen molar-refractivity contribution in [3.63, 3.8) is 0 Å². The molecule has 1 saturated heterocycles. The number of fused-ring (bicyclic) bond motifs is 7. The van der Waals surface area contributed by atoms with Crippen LogP contribution >= 0.6 is 11.8 Å². The number of hydrogen-bond donors (Lipinski definition) is 1. The zero-order valence-corrected chi connectivity index (χ0v) is 21.1. The fourth-order valence-corrected chi connectivity index (χ4v) is 9.07. The van der Waals surface area contributed by atoms with Crippen molar-refractivity contribution in [1.82, 2.24) is 0 Å². The number of aliphatic hydroxyl groups is 1. The van der Waals surface area contributed by atoms with Gasteiger partial charge in [0.05, 0.1) is 24.0 Å². The summed E-state index contributed by atoms with van der Waals surface area (Å²) in [6, 6.07) is 2.00. The first-order valence-electron chi connectivity index (χ1n) is 12.0. The molecule has 0 spiro atoms. The number of carbonyl (C=O) groups is 2. The SMILES string of the molecule is C[C@H]1C[C@H]2[C@@H]3C[C@H]4OC(C)(C)O[C@@]4(C(=O)SCC#N)[C@@]3(C)C[C@H](O)[C@]2(F)[C@@]2(C)C=CC(=O)C=C12. The Bertz CT molecular complexity index is 1070. The molecule has 4 aliphatic carbocycles. The van der Waals surface area contributed by atoms with E-state index < -0.39 is 46.0 Å². The zero-order valence-electron chi connectivity index (χ0n) is 20.3. The molecule has 0 unspecified atom stereocenters. The quantitative estimate of drug-likeness (QED) is 0.629. The van der Waals surface area contributed by atoms with E-state index in [0.717, 1.165) is 17.3 Å². The van der Waals surface area contributed by atoms with Gasteiger partial charge in [0.1, 0.15) is 0 Å². The first kappa shape index (κ1) is 24.2. The van der Waals surface area contributed by atoms with Crippen molar-refractivity contribution in [3.8, 4) is 6.07 Å². The average Bonchev–Trinajstić information content (AvgIpc) is 3.16. The summed E-state index contributed by atoms with van der Waals surface area (Å²) in [6.45, 7) is 9.23. The maximum absolute atomic E-state index is 17.4. The second kappa shape index (κ2) is 7.25. The molecule has 0 amide bonds. The Kier molecular flexibility index (Phi) is 5.16. The van der Waals surface area contributed by atoms with Gasteiger partial charge in [-0.2, -0.15) is 5.26 Å². The predicted octanol–water partition coefficient (Wildman–Crippen LogP) is 3.89. The number of nitriles is 1. The Morgan fingerprint density at radius 3 is 2.68 bits per heavy atom. The van der Waals surface area contributed by atoms with Crippen LogP contribution in [0, 0.1) is 39.9 Å². The highest BCUT2D eigenvalue weighted by Crippen LogP contribution is 2.73. The summed E-state index contributed by atoms with van der Waals surface area (Å²) in [5.74, 6) is -2.07. The van der Waals surface area contributed by atoms with Crippen molar-refractivity contribution < 1.29 is 28.6 Å². The molecule has 0 radical (unpaired) electrons. The monoisotopic (exact) mass is 489 g/mol. The van der Waals surface area contributed by atoms with Crippen molar-refractivity contribution in [2.75, 3.05) is 5.75 Å². The van der Waals surface area contributed by atoms with Crippen molar-refractivity contribution in [2.24, 2.45) is 28.6 Å². The summed E-state index contributed by atoms with van der Waals surface area (Å²) < 4.78 is 30.1. The Labute approximate surface area is 203 Å². The van der Waals surface area contributed by atoms with Gasteiger partial charge in [0.15, 0.2) is 22.8 Å². The van der Waals surface area contributed by atoms with E-state index in [1.807, 2.05) is 19.9 Å². The van der Waals surface area contributed by atoms with Gasteiger partial charge in [-0.05, 0) is 64.0 Å². The van der Waals surface area contributed by atoms with Crippen molar-refractivity contribution >= 4 is 22.7 Å². The lowest BCUT2D eigenvalue weighted by Gasteiger charge is -2.63. The summed E-state index contributed by atoms with van der Waals surface area (Å²) in [7, 11) is 0. The molecule has 0 aromatic carbocycles. The number of alkyl halides is 1. The molecule has 8 heteroatoms. The van der Waals surface area contributed by atoms with Crippen LogP contribution in [0.5, 0.6) is 0 Å². The number of carbonyl (C=O) groups excluding carboxylic acids is 2. The fraction of sp³-hybridized carbons (Fsp3) is 0.731. The summed E-state index contributed by atoms with van der Waals surface area (Å²) in [5.41, 5.74) is -4.64. The van der Waals surface area contributed by atoms with Gasteiger partial charge in [0.2, 0.25) is 5.12 Å². The standard InChI is InChI=1S/C26H32FNO5S/c1-14-10-18-17-12-20-26(21(31)34-9-8-28,33-22(2,3)32-20)24(17,5)13-19(30)25(18,27)23(4)7-6-15(29)11-16(14)23/h6-7,11,14,17-20,30H,9-10,12-13H2,1-5H3/t14-,17-,18-,19-,20+,23-,24-,25-,26-/m0/s1. The minimum absolute atomic E-state index is 0.0149. The summed E-state index contributed by atoms with van der Waals surface area (Å²) in [4.78, 5) is 25.8. The molecular formula is C26H32FNO5S. The third kappa shape index (κ3) is 2.73. The number of ether oxygens (including phenoxy) is 2. The smallest absolute Gasteiger partial charge is 0.225 e. The van der Waals surface area contributed by atoms with Gasteiger partial charge in [-0.3, -0.25) is 9.59 Å². The molecule has 0 aromatic rings. The fourth-order valence-electron chi connectivity index (χ4n) is 8.25. The summed E-state index contributed by atoms with van der Waals surface area (Å²) in [6.07, 6.45) is 3.54. The van der Waals surface area contributed by atoms with Crippen molar-refractivity contribution in [2.45, 2.75) is 83.1 Å². The van der Waals surface area contributed by atoms with E-state index in [4.69, 9.17) is 14.7 Å².